The summed E-state index contributed by atoms with van der Waals surface area (Å²) < 4.78 is 10.3. The van der Waals surface area contributed by atoms with E-state index in [-0.39, 0.29) is 18.3 Å². The van der Waals surface area contributed by atoms with E-state index in [1.807, 2.05) is 30.7 Å². The van der Waals surface area contributed by atoms with Crippen LogP contribution < -0.4 is 0 Å². The zero-order chi connectivity index (χ0) is 23.8. The minimum absolute atomic E-state index is 0.131. The minimum Gasteiger partial charge on any atom is -0.506 e. The molecule has 1 saturated carbocycles. The van der Waals surface area contributed by atoms with Crippen molar-refractivity contribution in [2.45, 2.75) is 50.8 Å². The lowest BCUT2D eigenvalue weighted by Crippen LogP contribution is -2.10. The number of hydrogen-bond acceptors (Lipinski definition) is 6. The zero-order valence-electron chi connectivity index (χ0n) is 19.0. The average molecular weight is 544 g/mol. The summed E-state index contributed by atoms with van der Waals surface area (Å²) in [6.45, 7) is 4.50. The maximum absolute atomic E-state index is 13.4. The number of halogens is 1. The molecule has 1 fully saturated rings. The van der Waals surface area contributed by atoms with Crippen LogP contribution in [-0.4, -0.2) is 41.8 Å². The first-order valence-corrected chi connectivity index (χ1v) is 13.2. The van der Waals surface area contributed by atoms with Crippen molar-refractivity contribution in [2.75, 3.05) is 6.61 Å². The molecule has 2 N–H and O–H groups in total. The van der Waals surface area contributed by atoms with Gasteiger partial charge in [-0.3, -0.25) is 0 Å². The number of ether oxygens (including phenoxy) is 1. The molecule has 10 heteroatoms. The third-order valence-electron chi connectivity index (χ3n) is 6.13. The van der Waals surface area contributed by atoms with E-state index >= 15 is 0 Å². The summed E-state index contributed by atoms with van der Waals surface area (Å²) in [4.78, 5) is 25.0. The number of benzene rings is 1. The van der Waals surface area contributed by atoms with Crippen LogP contribution in [0, 0.1) is 6.92 Å². The molecular formula is C24H26BrN5O3S. The topological polar surface area (TPSA) is 98.0 Å². The van der Waals surface area contributed by atoms with Gasteiger partial charge in [0.15, 0.2) is 0 Å². The average Bonchev–Trinajstić information content (AvgIpc) is 3.20. The number of thioether (sulfide) groups is 1. The Kier molecular flexibility index (Phi) is 6.44. The van der Waals surface area contributed by atoms with Gasteiger partial charge in [0.2, 0.25) is 0 Å². The van der Waals surface area contributed by atoms with Gasteiger partial charge in [-0.05, 0) is 48.7 Å². The van der Waals surface area contributed by atoms with Gasteiger partial charge in [-0.1, -0.05) is 0 Å². The lowest BCUT2D eigenvalue weighted by Gasteiger charge is -2.12. The molecular weight excluding hydrogens is 518 g/mol. The van der Waals surface area contributed by atoms with Gasteiger partial charge in [-0.15, -0.1) is 11.8 Å². The number of H-pyrrole nitrogens is 1. The Morgan fingerprint density at radius 2 is 2.21 bits per heavy atom. The highest BCUT2D eigenvalue weighted by molar-refractivity contribution is 9.10. The molecule has 3 heterocycles. The summed E-state index contributed by atoms with van der Waals surface area (Å²) in [5, 5.41) is 11.8. The Balaban J connectivity index is 1.67. The van der Waals surface area contributed by atoms with E-state index in [1.165, 1.54) is 0 Å². The molecule has 1 aliphatic carbocycles. The first-order valence-electron chi connectivity index (χ1n) is 11.3. The molecule has 5 rings (SSSR count). The van der Waals surface area contributed by atoms with E-state index in [4.69, 9.17) is 4.74 Å². The summed E-state index contributed by atoms with van der Waals surface area (Å²) in [5.41, 5.74) is 5.18. The van der Waals surface area contributed by atoms with Crippen molar-refractivity contribution in [3.05, 3.63) is 63.8 Å². The third-order valence-corrected chi connectivity index (χ3v) is 7.69. The summed E-state index contributed by atoms with van der Waals surface area (Å²) in [6.07, 6.45) is 9.09. The Bertz CT molecular complexity index is 1340. The Morgan fingerprint density at radius 3 is 2.85 bits per heavy atom. The molecule has 0 spiro atoms. The van der Waals surface area contributed by atoms with Crippen molar-refractivity contribution in [2.24, 2.45) is 0 Å². The van der Waals surface area contributed by atoms with Gasteiger partial charge in [0, 0.05) is 52.3 Å². The van der Waals surface area contributed by atoms with Crippen LogP contribution in [0.1, 0.15) is 58.8 Å². The monoisotopic (exact) mass is 543 g/mol. The molecule has 1 aromatic carbocycles. The zero-order valence-corrected chi connectivity index (χ0v) is 21.4. The molecule has 0 atom stereocenters. The molecule has 0 amide bonds. The van der Waals surface area contributed by atoms with Crippen LogP contribution in [0.15, 0.2) is 35.6 Å². The van der Waals surface area contributed by atoms with Gasteiger partial charge < -0.3 is 24.0 Å². The third kappa shape index (κ3) is 4.24. The number of aromatic nitrogens is 5. The van der Waals surface area contributed by atoms with Crippen molar-refractivity contribution >= 4 is 44.6 Å². The molecule has 178 valence electrons. The number of carbonyl (C=O) groups excluding carboxylic acids is 1. The number of esters is 1. The van der Waals surface area contributed by atoms with Crippen LogP contribution in [-0.2, 0) is 22.8 Å². The number of carbonyl (C=O) groups is 1. The molecule has 1 aliphatic rings. The molecule has 34 heavy (non-hydrogen) atoms. The first-order chi connectivity index (χ1) is 16.5. The number of rotatable bonds is 9. The maximum atomic E-state index is 13.4. The standard InChI is InChI=1S/C24H26BrN5O3S/c1-3-33-24(32)22-20(11-34-10-18-14(2)27-12-28-18)30(15-4-5-15)19-8-17(25)23(31)16(21(19)22)9-29-7-6-26-13-29/h6-8,12-13,15,31H,3-5,9-11H2,1-2H3,(H,27,28). The van der Waals surface area contributed by atoms with E-state index in [1.54, 1.807) is 30.6 Å². The molecule has 4 aromatic rings. The van der Waals surface area contributed by atoms with Crippen LogP contribution in [0.5, 0.6) is 5.75 Å². The summed E-state index contributed by atoms with van der Waals surface area (Å²) in [6, 6.07) is 2.26. The highest BCUT2D eigenvalue weighted by Crippen LogP contribution is 2.46. The number of fused-ring (bicyclic) bond motifs is 1. The summed E-state index contributed by atoms with van der Waals surface area (Å²) in [5.74, 6) is 1.15. The molecule has 0 saturated heterocycles. The van der Waals surface area contributed by atoms with Gasteiger partial charge >= 0.3 is 5.97 Å². The first kappa shape index (κ1) is 23.0. The quantitative estimate of drug-likeness (QED) is 0.277. The van der Waals surface area contributed by atoms with Crippen molar-refractivity contribution in [3.63, 3.8) is 0 Å². The van der Waals surface area contributed by atoms with E-state index in [2.05, 4.69) is 35.4 Å². The minimum atomic E-state index is -0.355. The second-order valence-electron chi connectivity index (χ2n) is 8.43. The van der Waals surface area contributed by atoms with E-state index in [9.17, 15) is 9.90 Å². The number of nitrogens with zero attached hydrogens (tertiary/aromatic N) is 4. The predicted octanol–water partition coefficient (Wildman–Crippen LogP) is 5.33. The van der Waals surface area contributed by atoms with E-state index in [0.717, 1.165) is 46.6 Å². The SMILES string of the molecule is CCOC(=O)c1c(CSCc2nc[nH]c2C)n(C2CC2)c2cc(Br)c(O)c(Cn3ccnc3)c12. The van der Waals surface area contributed by atoms with Crippen molar-refractivity contribution in [3.8, 4) is 5.75 Å². The fourth-order valence-electron chi connectivity index (χ4n) is 4.37. The summed E-state index contributed by atoms with van der Waals surface area (Å²) in [7, 11) is 0. The Labute approximate surface area is 209 Å². The second-order valence-corrected chi connectivity index (χ2v) is 10.3. The van der Waals surface area contributed by atoms with Crippen LogP contribution in [0.25, 0.3) is 10.9 Å². The van der Waals surface area contributed by atoms with Gasteiger partial charge in [0.25, 0.3) is 0 Å². The van der Waals surface area contributed by atoms with Crippen LogP contribution in [0.4, 0.5) is 0 Å². The molecule has 0 unspecified atom stereocenters. The Morgan fingerprint density at radius 1 is 1.38 bits per heavy atom. The fraction of sp³-hybridized carbons (Fsp3) is 0.375. The van der Waals surface area contributed by atoms with Gasteiger partial charge in [0.05, 0.1) is 47.1 Å². The van der Waals surface area contributed by atoms with Crippen LogP contribution in [0.2, 0.25) is 0 Å². The van der Waals surface area contributed by atoms with E-state index in [0.29, 0.717) is 33.9 Å². The molecule has 0 radical (unpaired) electrons. The normalized spacial score (nSPS) is 13.6. The van der Waals surface area contributed by atoms with E-state index < -0.39 is 0 Å². The second kappa shape index (κ2) is 9.50. The number of phenolic OH excluding ortho intramolecular Hbond substituents is 1. The number of aromatic amines is 1. The van der Waals surface area contributed by atoms with Gasteiger partial charge in [-0.25, -0.2) is 14.8 Å². The van der Waals surface area contributed by atoms with Gasteiger partial charge in [0.1, 0.15) is 5.75 Å². The number of aryl methyl sites for hydroxylation is 1. The van der Waals surface area contributed by atoms with Crippen LogP contribution in [0.3, 0.4) is 0 Å². The number of hydrogen-bond donors (Lipinski definition) is 2. The predicted molar refractivity (Wildman–Crippen MR) is 135 cm³/mol. The number of imidazole rings is 2. The van der Waals surface area contributed by atoms with Crippen molar-refractivity contribution in [1.82, 2.24) is 24.1 Å². The molecule has 3 aromatic heterocycles. The molecule has 0 aliphatic heterocycles. The lowest BCUT2D eigenvalue weighted by molar-refractivity contribution is 0.0527. The smallest absolute Gasteiger partial charge is 0.340 e. The lowest BCUT2D eigenvalue weighted by atomic mass is 10.0. The molecule has 0 bridgehead atoms. The number of phenols is 1. The largest absolute Gasteiger partial charge is 0.506 e. The maximum Gasteiger partial charge on any atom is 0.340 e. The Hall–Kier alpha value is -2.72. The highest BCUT2D eigenvalue weighted by atomic mass is 79.9. The fourth-order valence-corrected chi connectivity index (χ4v) is 5.88. The highest BCUT2D eigenvalue weighted by Gasteiger charge is 2.34. The molecule has 8 nitrogen and oxygen atoms in total. The van der Waals surface area contributed by atoms with Gasteiger partial charge in [-0.2, -0.15) is 0 Å². The van der Waals surface area contributed by atoms with Crippen molar-refractivity contribution < 1.29 is 14.6 Å². The van der Waals surface area contributed by atoms with Crippen molar-refractivity contribution in [1.29, 1.82) is 0 Å². The summed E-state index contributed by atoms with van der Waals surface area (Å²) >= 11 is 5.26. The number of nitrogens with one attached hydrogen (secondary N) is 1. The number of aromatic hydroxyl groups is 1. The van der Waals surface area contributed by atoms with Crippen LogP contribution >= 0.6 is 27.7 Å².